The quantitative estimate of drug-likeness (QED) is 0.852. The van der Waals surface area contributed by atoms with Gasteiger partial charge in [0.05, 0.1) is 12.1 Å². The smallest absolute Gasteiger partial charge is 0.256 e. The number of amides is 2. The highest BCUT2D eigenvalue weighted by Crippen LogP contribution is 2.26. The lowest BCUT2D eigenvalue weighted by Crippen LogP contribution is -2.34. The molecule has 22 heavy (non-hydrogen) atoms. The highest BCUT2D eigenvalue weighted by Gasteiger charge is 2.39. The van der Waals surface area contributed by atoms with Crippen LogP contribution in [-0.4, -0.2) is 17.9 Å². The molecule has 0 aliphatic carbocycles. The second-order valence-corrected chi connectivity index (χ2v) is 5.87. The molecule has 6 heteroatoms. The maximum atomic E-state index is 12.9. The zero-order valence-corrected chi connectivity index (χ0v) is 13.0. The van der Waals surface area contributed by atoms with Gasteiger partial charge < -0.3 is 5.32 Å². The van der Waals surface area contributed by atoms with Crippen molar-refractivity contribution in [3.8, 4) is 0 Å². The summed E-state index contributed by atoms with van der Waals surface area (Å²) in [6.45, 7) is 0. The molecule has 1 atom stereocenters. The third-order valence-corrected chi connectivity index (χ3v) is 3.95. The molecule has 0 unspecified atom stereocenters. The van der Waals surface area contributed by atoms with Crippen LogP contribution in [0.2, 0.25) is 0 Å². The van der Waals surface area contributed by atoms with E-state index in [1.54, 1.807) is 24.3 Å². The summed E-state index contributed by atoms with van der Waals surface area (Å²) in [7, 11) is 0. The predicted octanol–water partition coefficient (Wildman–Crippen LogP) is 3.33. The Morgan fingerprint density at radius 3 is 2.32 bits per heavy atom. The second kappa shape index (κ2) is 5.88. The molecule has 1 fully saturated rings. The molecule has 1 aliphatic rings. The number of carbonyl (C=O) groups is 2. The number of nitrogens with one attached hydrogen (secondary N) is 1. The molecule has 3 rings (SSSR count). The number of anilines is 2. The van der Waals surface area contributed by atoms with Crippen LogP contribution in [0.5, 0.6) is 0 Å². The van der Waals surface area contributed by atoms with Crippen LogP contribution in [0.1, 0.15) is 6.42 Å². The fraction of sp³-hybridized carbons (Fsp3) is 0.125. The van der Waals surface area contributed by atoms with E-state index in [0.717, 1.165) is 4.47 Å². The molecule has 0 bridgehead atoms. The summed E-state index contributed by atoms with van der Waals surface area (Å²) in [5.41, 5.74) is 1.15. The number of rotatable bonds is 3. The van der Waals surface area contributed by atoms with Crippen LogP contribution in [-0.2, 0) is 9.59 Å². The van der Waals surface area contributed by atoms with E-state index < -0.39 is 6.04 Å². The van der Waals surface area contributed by atoms with Gasteiger partial charge in [0.25, 0.3) is 5.91 Å². The van der Waals surface area contributed by atoms with Crippen molar-refractivity contribution in [1.82, 2.24) is 0 Å². The zero-order chi connectivity index (χ0) is 15.7. The topological polar surface area (TPSA) is 49.4 Å². The molecule has 1 N–H and O–H groups in total. The van der Waals surface area contributed by atoms with Gasteiger partial charge in [-0.25, -0.2) is 9.29 Å². The summed E-state index contributed by atoms with van der Waals surface area (Å²) in [5.74, 6) is -0.917. The molecule has 4 nitrogen and oxygen atoms in total. The van der Waals surface area contributed by atoms with Gasteiger partial charge in [-0.05, 0) is 48.5 Å². The Bertz CT molecular complexity index is 716. The third-order valence-electron chi connectivity index (χ3n) is 3.42. The highest BCUT2D eigenvalue weighted by atomic mass is 79.9. The first-order chi connectivity index (χ1) is 10.5. The Labute approximate surface area is 135 Å². The van der Waals surface area contributed by atoms with Gasteiger partial charge in [-0.1, -0.05) is 15.9 Å². The lowest BCUT2D eigenvalue weighted by atomic mass is 10.2. The zero-order valence-electron chi connectivity index (χ0n) is 11.4. The molecular weight excluding hydrogens is 351 g/mol. The third kappa shape index (κ3) is 2.87. The maximum Gasteiger partial charge on any atom is 0.256 e. The van der Waals surface area contributed by atoms with E-state index in [-0.39, 0.29) is 24.1 Å². The van der Waals surface area contributed by atoms with Crippen molar-refractivity contribution in [2.45, 2.75) is 12.5 Å². The molecule has 0 aromatic heterocycles. The van der Waals surface area contributed by atoms with Crippen molar-refractivity contribution in [2.75, 3.05) is 10.2 Å². The Morgan fingerprint density at radius 2 is 1.68 bits per heavy atom. The van der Waals surface area contributed by atoms with Crippen molar-refractivity contribution in [2.24, 2.45) is 0 Å². The average Bonchev–Trinajstić information content (AvgIpc) is 2.77. The SMILES string of the molecule is O=C1C[C@@H](Nc2ccc(F)cc2)C(=O)N1c1ccc(Br)cc1. The Kier molecular flexibility index (Phi) is 3.94. The van der Waals surface area contributed by atoms with Gasteiger partial charge in [-0.15, -0.1) is 0 Å². The number of nitrogens with zero attached hydrogens (tertiary/aromatic N) is 1. The van der Waals surface area contributed by atoms with Gasteiger partial charge >= 0.3 is 0 Å². The first kappa shape index (κ1) is 14.7. The van der Waals surface area contributed by atoms with Crippen molar-refractivity contribution >= 4 is 39.1 Å². The minimum absolute atomic E-state index is 0.0757. The van der Waals surface area contributed by atoms with E-state index in [1.807, 2.05) is 0 Å². The number of imide groups is 1. The highest BCUT2D eigenvalue weighted by molar-refractivity contribution is 9.10. The van der Waals surface area contributed by atoms with Crippen molar-refractivity contribution < 1.29 is 14.0 Å². The standard InChI is InChI=1S/C16H12BrFN2O2/c17-10-1-7-13(8-2-10)20-15(21)9-14(16(20)22)19-12-5-3-11(18)4-6-12/h1-8,14,19H,9H2/t14-/m1/s1. The molecule has 2 amide bonds. The summed E-state index contributed by atoms with van der Waals surface area (Å²) in [4.78, 5) is 25.7. The molecule has 1 heterocycles. The number of hydrogen-bond donors (Lipinski definition) is 1. The van der Waals surface area contributed by atoms with E-state index in [1.165, 1.54) is 29.2 Å². The summed E-state index contributed by atoms with van der Waals surface area (Å²) in [5, 5.41) is 2.97. The van der Waals surface area contributed by atoms with Gasteiger partial charge in [-0.3, -0.25) is 9.59 Å². The fourth-order valence-corrected chi connectivity index (χ4v) is 2.62. The van der Waals surface area contributed by atoms with Gasteiger partial charge in [0.15, 0.2) is 0 Å². The van der Waals surface area contributed by atoms with Crippen LogP contribution < -0.4 is 10.2 Å². The van der Waals surface area contributed by atoms with Crippen molar-refractivity contribution in [3.05, 3.63) is 58.8 Å². The van der Waals surface area contributed by atoms with E-state index in [2.05, 4.69) is 21.2 Å². The number of halogens is 2. The molecular formula is C16H12BrFN2O2. The Balaban J connectivity index is 1.79. The summed E-state index contributed by atoms with van der Waals surface area (Å²) in [6.07, 6.45) is 0.0757. The van der Waals surface area contributed by atoms with Gasteiger partial charge in [0.1, 0.15) is 11.9 Å². The molecule has 112 valence electrons. The average molecular weight is 363 g/mol. The predicted molar refractivity (Wildman–Crippen MR) is 85.1 cm³/mol. The molecule has 1 aliphatic heterocycles. The molecule has 2 aromatic rings. The van der Waals surface area contributed by atoms with E-state index in [9.17, 15) is 14.0 Å². The monoisotopic (exact) mass is 362 g/mol. The van der Waals surface area contributed by atoms with Crippen molar-refractivity contribution in [3.63, 3.8) is 0 Å². The van der Waals surface area contributed by atoms with Crippen LogP contribution in [0.4, 0.5) is 15.8 Å². The van der Waals surface area contributed by atoms with Crippen molar-refractivity contribution in [1.29, 1.82) is 0 Å². The second-order valence-electron chi connectivity index (χ2n) is 4.95. The summed E-state index contributed by atoms with van der Waals surface area (Å²) < 4.78 is 13.8. The summed E-state index contributed by atoms with van der Waals surface area (Å²) >= 11 is 3.31. The van der Waals surface area contributed by atoms with Gasteiger partial charge in [0, 0.05) is 10.2 Å². The van der Waals surface area contributed by atoms with Crippen LogP contribution in [0.25, 0.3) is 0 Å². The molecule has 1 saturated heterocycles. The lowest BCUT2D eigenvalue weighted by molar-refractivity contribution is -0.121. The number of hydrogen-bond acceptors (Lipinski definition) is 3. The normalized spacial score (nSPS) is 17.9. The van der Waals surface area contributed by atoms with Crippen LogP contribution in [0.3, 0.4) is 0 Å². The first-order valence-corrected chi connectivity index (χ1v) is 7.48. The van der Waals surface area contributed by atoms with Gasteiger partial charge in [0.2, 0.25) is 5.91 Å². The van der Waals surface area contributed by atoms with E-state index >= 15 is 0 Å². The molecule has 0 radical (unpaired) electrons. The van der Waals surface area contributed by atoms with E-state index in [4.69, 9.17) is 0 Å². The minimum Gasteiger partial charge on any atom is -0.373 e. The number of benzene rings is 2. The number of carbonyl (C=O) groups excluding carboxylic acids is 2. The fourth-order valence-electron chi connectivity index (χ4n) is 2.35. The largest absolute Gasteiger partial charge is 0.373 e. The van der Waals surface area contributed by atoms with Crippen LogP contribution in [0, 0.1) is 5.82 Å². The van der Waals surface area contributed by atoms with Gasteiger partial charge in [-0.2, -0.15) is 0 Å². The first-order valence-electron chi connectivity index (χ1n) is 6.69. The molecule has 0 spiro atoms. The van der Waals surface area contributed by atoms with E-state index in [0.29, 0.717) is 11.4 Å². The Morgan fingerprint density at radius 1 is 1.05 bits per heavy atom. The molecule has 0 saturated carbocycles. The van der Waals surface area contributed by atoms with Crippen LogP contribution >= 0.6 is 15.9 Å². The summed E-state index contributed by atoms with van der Waals surface area (Å²) in [6, 6.07) is 12.0. The minimum atomic E-state index is -0.637. The Hall–Kier alpha value is -2.21. The maximum absolute atomic E-state index is 12.9. The molecule has 2 aromatic carbocycles. The lowest BCUT2D eigenvalue weighted by Gasteiger charge is -2.16. The van der Waals surface area contributed by atoms with Crippen LogP contribution in [0.15, 0.2) is 53.0 Å².